The molecule has 2 N–H and O–H groups in total. The Balaban J connectivity index is 1.85. The van der Waals surface area contributed by atoms with Gasteiger partial charge in [0.2, 0.25) is 5.91 Å². The summed E-state index contributed by atoms with van der Waals surface area (Å²) in [6.07, 6.45) is 3.35. The minimum absolute atomic E-state index is 0.121. The van der Waals surface area contributed by atoms with Crippen LogP contribution in [0.15, 0.2) is 12.1 Å². The molecule has 2 unspecified atom stereocenters. The molecule has 0 radical (unpaired) electrons. The van der Waals surface area contributed by atoms with Crippen LogP contribution in [0.5, 0.6) is 0 Å². The van der Waals surface area contributed by atoms with Crippen LogP contribution in [0.1, 0.15) is 35.9 Å². The third-order valence-electron chi connectivity index (χ3n) is 3.59. The monoisotopic (exact) mass is 277 g/mol. The average molecular weight is 277 g/mol. The van der Waals surface area contributed by atoms with E-state index in [1.807, 2.05) is 12.1 Å². The zero-order valence-corrected chi connectivity index (χ0v) is 11.9. The van der Waals surface area contributed by atoms with E-state index in [0.29, 0.717) is 12.5 Å². The normalized spacial score (nSPS) is 21.8. The van der Waals surface area contributed by atoms with Crippen molar-refractivity contribution in [2.45, 2.75) is 32.7 Å². The number of carbonyl (C=O) groups excluding carboxylic acids is 1. The predicted molar refractivity (Wildman–Crippen MR) is 76.6 cm³/mol. The lowest BCUT2D eigenvalue weighted by atomic mass is 9.97. The van der Waals surface area contributed by atoms with Crippen LogP contribution in [0, 0.1) is 23.7 Å². The Kier molecular flexibility index (Phi) is 5.00. The number of aliphatic hydroxyl groups is 1. The maximum absolute atomic E-state index is 12.0. The van der Waals surface area contributed by atoms with Gasteiger partial charge < -0.3 is 10.4 Å². The zero-order valence-electron chi connectivity index (χ0n) is 11.1. The van der Waals surface area contributed by atoms with Crippen molar-refractivity contribution in [1.29, 1.82) is 0 Å². The van der Waals surface area contributed by atoms with Gasteiger partial charge >= 0.3 is 0 Å². The molecule has 1 amide bonds. The van der Waals surface area contributed by atoms with Crippen LogP contribution in [0.4, 0.5) is 0 Å². The zero-order chi connectivity index (χ0) is 13.7. The first kappa shape index (κ1) is 14.1. The summed E-state index contributed by atoms with van der Waals surface area (Å²) in [5.74, 6) is 6.37. The van der Waals surface area contributed by atoms with Crippen LogP contribution in [-0.4, -0.2) is 17.6 Å². The number of nitrogens with one attached hydrogen (secondary N) is 1. The number of thiophene rings is 1. The van der Waals surface area contributed by atoms with Gasteiger partial charge in [-0.1, -0.05) is 25.2 Å². The molecule has 1 heterocycles. The Hall–Kier alpha value is -1.31. The van der Waals surface area contributed by atoms with Gasteiger partial charge in [-0.25, -0.2) is 0 Å². The molecule has 1 aromatic rings. The topological polar surface area (TPSA) is 49.3 Å². The molecule has 1 aliphatic carbocycles. The van der Waals surface area contributed by atoms with Crippen molar-refractivity contribution in [3.05, 3.63) is 21.9 Å². The first-order chi connectivity index (χ1) is 9.20. The lowest BCUT2D eigenvalue weighted by Crippen LogP contribution is -2.31. The minimum Gasteiger partial charge on any atom is -0.384 e. The molecule has 3 nitrogen and oxygen atoms in total. The number of amides is 1. The number of hydrogen-bond acceptors (Lipinski definition) is 3. The fraction of sp³-hybridized carbons (Fsp3) is 0.533. The van der Waals surface area contributed by atoms with Crippen molar-refractivity contribution in [1.82, 2.24) is 5.32 Å². The van der Waals surface area contributed by atoms with Crippen LogP contribution in [0.2, 0.25) is 0 Å². The summed E-state index contributed by atoms with van der Waals surface area (Å²) in [6, 6.07) is 3.90. The van der Waals surface area contributed by atoms with Gasteiger partial charge in [0.25, 0.3) is 0 Å². The third kappa shape index (κ3) is 3.82. The quantitative estimate of drug-likeness (QED) is 0.832. The molecular weight excluding hydrogens is 258 g/mol. The lowest BCUT2D eigenvalue weighted by Gasteiger charge is -2.14. The maximum Gasteiger partial charge on any atom is 0.223 e. The molecule has 2 rings (SSSR count). The highest BCUT2D eigenvalue weighted by molar-refractivity contribution is 7.12. The Labute approximate surface area is 118 Å². The molecule has 1 saturated carbocycles. The molecule has 1 aromatic heterocycles. The Morgan fingerprint density at radius 1 is 1.53 bits per heavy atom. The van der Waals surface area contributed by atoms with Gasteiger partial charge in [-0.05, 0) is 30.9 Å². The second-order valence-corrected chi connectivity index (χ2v) is 6.13. The molecule has 0 saturated heterocycles. The predicted octanol–water partition coefficient (Wildman–Crippen LogP) is 2.14. The van der Waals surface area contributed by atoms with Gasteiger partial charge in [-0.2, -0.15) is 0 Å². The van der Waals surface area contributed by atoms with Crippen molar-refractivity contribution in [3.8, 4) is 11.8 Å². The number of hydrogen-bond donors (Lipinski definition) is 2. The van der Waals surface area contributed by atoms with E-state index in [0.717, 1.165) is 22.6 Å². The molecule has 102 valence electrons. The Morgan fingerprint density at radius 2 is 2.37 bits per heavy atom. The molecule has 0 aromatic carbocycles. The molecule has 4 heteroatoms. The van der Waals surface area contributed by atoms with Crippen LogP contribution < -0.4 is 5.32 Å². The highest BCUT2D eigenvalue weighted by Crippen LogP contribution is 2.31. The van der Waals surface area contributed by atoms with E-state index in [9.17, 15) is 4.79 Å². The summed E-state index contributed by atoms with van der Waals surface area (Å²) < 4.78 is 0. The summed E-state index contributed by atoms with van der Waals surface area (Å²) in [4.78, 5) is 14.1. The fourth-order valence-electron chi connectivity index (χ4n) is 2.51. The number of aliphatic hydroxyl groups excluding tert-OH is 1. The molecule has 0 bridgehead atoms. The third-order valence-corrected chi connectivity index (χ3v) is 4.59. The van der Waals surface area contributed by atoms with Gasteiger partial charge in [-0.15, -0.1) is 11.3 Å². The van der Waals surface area contributed by atoms with E-state index in [4.69, 9.17) is 5.11 Å². The first-order valence-corrected chi connectivity index (χ1v) is 7.48. The first-order valence-electron chi connectivity index (χ1n) is 6.67. The van der Waals surface area contributed by atoms with Crippen molar-refractivity contribution >= 4 is 17.2 Å². The second-order valence-electron chi connectivity index (χ2n) is 4.96. The molecule has 1 fully saturated rings. The summed E-state index contributed by atoms with van der Waals surface area (Å²) in [6.45, 7) is 2.61. The van der Waals surface area contributed by atoms with Gasteiger partial charge in [-0.3, -0.25) is 4.79 Å². The van der Waals surface area contributed by atoms with E-state index in [2.05, 4.69) is 24.1 Å². The van der Waals surface area contributed by atoms with E-state index in [1.54, 1.807) is 11.3 Å². The molecule has 19 heavy (non-hydrogen) atoms. The van der Waals surface area contributed by atoms with E-state index in [1.165, 1.54) is 6.42 Å². The van der Waals surface area contributed by atoms with Crippen molar-refractivity contribution in [2.75, 3.05) is 6.61 Å². The van der Waals surface area contributed by atoms with Crippen LogP contribution in [0.25, 0.3) is 0 Å². The summed E-state index contributed by atoms with van der Waals surface area (Å²) >= 11 is 1.56. The van der Waals surface area contributed by atoms with Gasteiger partial charge in [0.1, 0.15) is 6.61 Å². The van der Waals surface area contributed by atoms with Crippen LogP contribution in [-0.2, 0) is 11.3 Å². The van der Waals surface area contributed by atoms with Gasteiger partial charge in [0.05, 0.1) is 11.4 Å². The van der Waals surface area contributed by atoms with E-state index >= 15 is 0 Å². The Bertz CT molecular complexity index is 498. The summed E-state index contributed by atoms with van der Waals surface area (Å²) in [7, 11) is 0. The van der Waals surface area contributed by atoms with Crippen molar-refractivity contribution in [2.24, 2.45) is 11.8 Å². The molecular formula is C15H19NO2S. The lowest BCUT2D eigenvalue weighted by molar-refractivity contribution is -0.126. The molecule has 0 spiro atoms. The smallest absolute Gasteiger partial charge is 0.223 e. The van der Waals surface area contributed by atoms with Crippen molar-refractivity contribution < 1.29 is 9.90 Å². The molecule has 2 atom stereocenters. The molecule has 1 aliphatic rings. The highest BCUT2D eigenvalue weighted by atomic mass is 32.1. The van der Waals surface area contributed by atoms with Gasteiger partial charge in [0, 0.05) is 10.8 Å². The van der Waals surface area contributed by atoms with Crippen LogP contribution >= 0.6 is 11.3 Å². The van der Waals surface area contributed by atoms with Crippen LogP contribution in [0.3, 0.4) is 0 Å². The molecule has 0 aliphatic heterocycles. The Morgan fingerprint density at radius 3 is 3.05 bits per heavy atom. The average Bonchev–Trinajstić information content (AvgIpc) is 3.02. The SMILES string of the molecule is CC1CCCC1C(=O)NCc1ccc(C#CCO)s1. The number of carbonyl (C=O) groups is 1. The second kappa shape index (κ2) is 6.74. The maximum atomic E-state index is 12.0. The minimum atomic E-state index is -0.121. The van der Waals surface area contributed by atoms with Crippen molar-refractivity contribution in [3.63, 3.8) is 0 Å². The van der Waals surface area contributed by atoms with E-state index < -0.39 is 0 Å². The summed E-state index contributed by atoms with van der Waals surface area (Å²) in [5, 5.41) is 11.6. The highest BCUT2D eigenvalue weighted by Gasteiger charge is 2.29. The summed E-state index contributed by atoms with van der Waals surface area (Å²) in [5.41, 5.74) is 0. The van der Waals surface area contributed by atoms with E-state index in [-0.39, 0.29) is 18.4 Å². The largest absolute Gasteiger partial charge is 0.384 e. The number of rotatable bonds is 3. The standard InChI is InChI=1S/C15H19NO2S/c1-11-4-2-6-14(11)15(18)16-10-13-8-7-12(19-13)5-3-9-17/h7-8,11,14,17H,2,4,6,9-10H2,1H3,(H,16,18). The fourth-order valence-corrected chi connectivity index (χ4v) is 3.33. The van der Waals surface area contributed by atoms with Gasteiger partial charge in [0.15, 0.2) is 0 Å².